The molecule has 0 aromatic carbocycles. The third kappa shape index (κ3) is 4.97. The van der Waals surface area contributed by atoms with Crippen LogP contribution in [0.5, 0.6) is 0 Å². The average Bonchev–Trinajstić information content (AvgIpc) is 3.00. The van der Waals surface area contributed by atoms with Crippen LogP contribution in [0.3, 0.4) is 0 Å². The molecule has 94 valence electrons. The van der Waals surface area contributed by atoms with Crippen molar-refractivity contribution >= 4 is 5.91 Å². The molecule has 0 radical (unpaired) electrons. The summed E-state index contributed by atoms with van der Waals surface area (Å²) in [6.45, 7) is 6.24. The van der Waals surface area contributed by atoms with Gasteiger partial charge < -0.3 is 11.1 Å². The molecule has 1 rings (SSSR count). The zero-order valence-corrected chi connectivity index (χ0v) is 10.8. The van der Waals surface area contributed by atoms with Crippen LogP contribution in [0.4, 0.5) is 0 Å². The number of nitrogens with two attached hydrogens (primary N) is 1. The van der Waals surface area contributed by atoms with E-state index in [-0.39, 0.29) is 11.9 Å². The predicted molar refractivity (Wildman–Crippen MR) is 67.0 cm³/mol. The van der Waals surface area contributed by atoms with Crippen molar-refractivity contribution in [3.05, 3.63) is 0 Å². The number of hydrogen-bond acceptors (Lipinski definition) is 2. The maximum absolute atomic E-state index is 11.7. The zero-order chi connectivity index (χ0) is 12.1. The van der Waals surface area contributed by atoms with Crippen molar-refractivity contribution in [2.75, 3.05) is 0 Å². The Morgan fingerprint density at radius 2 is 2.06 bits per heavy atom. The Kier molecular flexibility index (Phi) is 5.26. The Hall–Kier alpha value is -0.570. The molecule has 3 N–H and O–H groups in total. The number of hydrogen-bond donors (Lipinski definition) is 2. The fraction of sp³-hybridized carbons (Fsp3) is 0.923. The van der Waals surface area contributed by atoms with Crippen molar-refractivity contribution in [3.8, 4) is 0 Å². The minimum atomic E-state index is -0.0153. The van der Waals surface area contributed by atoms with Crippen LogP contribution < -0.4 is 11.1 Å². The Morgan fingerprint density at radius 3 is 2.50 bits per heavy atom. The molecular formula is C13H26N2O. The van der Waals surface area contributed by atoms with Gasteiger partial charge in [0.25, 0.3) is 0 Å². The maximum Gasteiger partial charge on any atom is 0.221 e. The van der Waals surface area contributed by atoms with Gasteiger partial charge in [-0.1, -0.05) is 33.6 Å². The first kappa shape index (κ1) is 13.5. The summed E-state index contributed by atoms with van der Waals surface area (Å²) in [6, 6.07) is 0.345. The number of rotatable bonds is 7. The summed E-state index contributed by atoms with van der Waals surface area (Å²) in [4.78, 5) is 11.7. The first-order valence-electron chi connectivity index (χ1n) is 6.57. The zero-order valence-electron chi connectivity index (χ0n) is 10.8. The van der Waals surface area contributed by atoms with E-state index in [1.54, 1.807) is 0 Å². The molecule has 1 aliphatic carbocycles. The summed E-state index contributed by atoms with van der Waals surface area (Å²) in [6.07, 6.45) is 5.33. The fourth-order valence-corrected chi connectivity index (χ4v) is 1.82. The van der Waals surface area contributed by atoms with Crippen LogP contribution >= 0.6 is 0 Å². The van der Waals surface area contributed by atoms with Crippen molar-refractivity contribution in [1.82, 2.24) is 5.32 Å². The Balaban J connectivity index is 2.24. The number of amides is 1. The Labute approximate surface area is 99.2 Å². The predicted octanol–water partition coefficient (Wildman–Crippen LogP) is 2.05. The highest BCUT2D eigenvalue weighted by Gasteiger charge is 2.25. The summed E-state index contributed by atoms with van der Waals surface area (Å²) in [5.74, 6) is 1.35. The van der Waals surface area contributed by atoms with E-state index in [1.807, 2.05) is 0 Å². The van der Waals surface area contributed by atoms with Crippen molar-refractivity contribution < 1.29 is 4.79 Å². The minimum Gasteiger partial charge on any atom is -0.353 e. The lowest BCUT2D eigenvalue weighted by Gasteiger charge is -2.20. The third-order valence-corrected chi connectivity index (χ3v) is 3.45. The lowest BCUT2D eigenvalue weighted by atomic mass is 10.0. The molecule has 0 aromatic heterocycles. The monoisotopic (exact) mass is 226 g/mol. The third-order valence-electron chi connectivity index (χ3n) is 3.45. The molecule has 0 saturated heterocycles. The molecule has 0 aliphatic heterocycles. The normalized spacial score (nSPS) is 19.6. The van der Waals surface area contributed by atoms with Crippen molar-refractivity contribution in [3.63, 3.8) is 0 Å². The van der Waals surface area contributed by atoms with Gasteiger partial charge >= 0.3 is 0 Å². The smallest absolute Gasteiger partial charge is 0.221 e. The van der Waals surface area contributed by atoms with E-state index in [4.69, 9.17) is 5.73 Å². The summed E-state index contributed by atoms with van der Waals surface area (Å²) in [5, 5.41) is 3.10. The van der Waals surface area contributed by atoms with Crippen LogP contribution in [0.25, 0.3) is 0 Å². The summed E-state index contributed by atoms with van der Waals surface area (Å²) in [7, 11) is 0. The van der Waals surface area contributed by atoms with E-state index >= 15 is 0 Å². The van der Waals surface area contributed by atoms with Gasteiger partial charge in [0.15, 0.2) is 0 Å². The average molecular weight is 226 g/mol. The number of nitrogens with one attached hydrogen (secondary N) is 1. The highest BCUT2D eigenvalue weighted by Crippen LogP contribution is 2.34. The van der Waals surface area contributed by atoms with E-state index in [9.17, 15) is 4.79 Å². The van der Waals surface area contributed by atoms with E-state index in [0.29, 0.717) is 18.4 Å². The minimum absolute atomic E-state index is 0.0153. The Morgan fingerprint density at radius 1 is 1.44 bits per heavy atom. The first-order chi connectivity index (χ1) is 7.52. The van der Waals surface area contributed by atoms with Crippen LogP contribution in [0, 0.1) is 11.8 Å². The molecule has 1 saturated carbocycles. The molecule has 1 amide bonds. The maximum atomic E-state index is 11.7. The van der Waals surface area contributed by atoms with E-state index < -0.39 is 0 Å². The molecule has 0 heterocycles. The van der Waals surface area contributed by atoms with Gasteiger partial charge in [-0.2, -0.15) is 0 Å². The van der Waals surface area contributed by atoms with Gasteiger partial charge in [-0.25, -0.2) is 0 Å². The van der Waals surface area contributed by atoms with Gasteiger partial charge in [0.05, 0.1) is 0 Å². The highest BCUT2D eigenvalue weighted by molar-refractivity contribution is 5.76. The molecule has 3 nitrogen and oxygen atoms in total. The van der Waals surface area contributed by atoms with Gasteiger partial charge in [-0.15, -0.1) is 0 Å². The van der Waals surface area contributed by atoms with Crippen LogP contribution in [0.2, 0.25) is 0 Å². The summed E-state index contributed by atoms with van der Waals surface area (Å²) in [5.41, 5.74) is 5.89. The molecule has 2 unspecified atom stereocenters. The van der Waals surface area contributed by atoms with Crippen molar-refractivity contribution in [2.24, 2.45) is 17.6 Å². The topological polar surface area (TPSA) is 55.1 Å². The highest BCUT2D eigenvalue weighted by atomic mass is 16.1. The van der Waals surface area contributed by atoms with Crippen molar-refractivity contribution in [1.29, 1.82) is 0 Å². The fourth-order valence-electron chi connectivity index (χ4n) is 1.82. The van der Waals surface area contributed by atoms with E-state index in [2.05, 4.69) is 26.1 Å². The van der Waals surface area contributed by atoms with E-state index in [1.165, 1.54) is 12.8 Å². The molecular weight excluding hydrogens is 200 g/mol. The lowest BCUT2D eigenvalue weighted by Crippen LogP contribution is -2.39. The molecule has 0 bridgehead atoms. The van der Waals surface area contributed by atoms with Gasteiger partial charge in [0, 0.05) is 18.5 Å². The van der Waals surface area contributed by atoms with Crippen molar-refractivity contribution in [2.45, 2.75) is 65.0 Å². The van der Waals surface area contributed by atoms with Crippen LogP contribution in [-0.4, -0.2) is 18.0 Å². The standard InChI is InChI=1S/C13H26N2O/c1-4-11(7-10-5-6-10)15-13(16)8-12(14)9(2)3/h9-12H,4-8,14H2,1-3H3,(H,15,16). The molecule has 3 heteroatoms. The van der Waals surface area contributed by atoms with Crippen LogP contribution in [-0.2, 0) is 4.79 Å². The van der Waals surface area contributed by atoms with Gasteiger partial charge in [0.1, 0.15) is 0 Å². The second-order valence-electron chi connectivity index (χ2n) is 5.46. The number of carbonyl (C=O) groups is 1. The molecule has 16 heavy (non-hydrogen) atoms. The van der Waals surface area contributed by atoms with Gasteiger partial charge in [-0.3, -0.25) is 4.79 Å². The lowest BCUT2D eigenvalue weighted by molar-refractivity contribution is -0.122. The second kappa shape index (κ2) is 6.24. The quantitative estimate of drug-likeness (QED) is 0.698. The molecule has 2 atom stereocenters. The largest absolute Gasteiger partial charge is 0.353 e. The second-order valence-corrected chi connectivity index (χ2v) is 5.46. The summed E-state index contributed by atoms with van der Waals surface area (Å²) < 4.78 is 0. The molecule has 1 fully saturated rings. The molecule has 1 aliphatic rings. The molecule has 0 aromatic rings. The summed E-state index contributed by atoms with van der Waals surface area (Å²) >= 11 is 0. The molecule has 0 spiro atoms. The van der Waals surface area contributed by atoms with Crippen LogP contribution in [0.1, 0.15) is 52.9 Å². The SMILES string of the molecule is CCC(CC1CC1)NC(=O)CC(N)C(C)C. The van der Waals surface area contributed by atoms with Gasteiger partial charge in [-0.05, 0) is 24.7 Å². The number of carbonyl (C=O) groups excluding carboxylic acids is 1. The van der Waals surface area contributed by atoms with Gasteiger partial charge in [0.2, 0.25) is 5.91 Å². The van der Waals surface area contributed by atoms with Crippen LogP contribution in [0.15, 0.2) is 0 Å². The Bertz CT molecular complexity index is 224. The van der Waals surface area contributed by atoms with E-state index in [0.717, 1.165) is 18.8 Å². The first-order valence-corrected chi connectivity index (χ1v) is 6.57.